The molecule has 0 amide bonds. The third-order valence-corrected chi connectivity index (χ3v) is 3.26. The fourth-order valence-electron chi connectivity index (χ4n) is 2.23. The molecule has 1 aliphatic carbocycles. The second-order valence-electron chi connectivity index (χ2n) is 4.78. The van der Waals surface area contributed by atoms with Crippen LogP contribution in [-0.2, 0) is 0 Å². The van der Waals surface area contributed by atoms with Crippen molar-refractivity contribution in [3.63, 3.8) is 0 Å². The Kier molecular flexibility index (Phi) is 3.33. The fourth-order valence-corrected chi connectivity index (χ4v) is 2.23. The molecule has 1 heteroatoms. The molecule has 0 N–H and O–H groups in total. The van der Waals surface area contributed by atoms with Crippen LogP contribution in [0.25, 0.3) is 5.57 Å². The van der Waals surface area contributed by atoms with Crippen LogP contribution in [0.3, 0.4) is 0 Å². The molecular weight excluding hydrogens is 196 g/mol. The van der Waals surface area contributed by atoms with Gasteiger partial charge in [0.15, 0.2) is 0 Å². The van der Waals surface area contributed by atoms with Crippen LogP contribution < -0.4 is 4.74 Å². The zero-order chi connectivity index (χ0) is 11.5. The quantitative estimate of drug-likeness (QED) is 0.730. The average Bonchev–Trinajstić information content (AvgIpc) is 2.73. The lowest BCUT2D eigenvalue weighted by atomic mass is 10.1. The van der Waals surface area contributed by atoms with Gasteiger partial charge in [-0.05, 0) is 62.8 Å². The molecule has 0 aromatic heterocycles. The SMILES string of the molecule is C=C(C)c1ccc(OC2CCCC2)c(C)c1. The van der Waals surface area contributed by atoms with E-state index in [0.717, 1.165) is 11.3 Å². The van der Waals surface area contributed by atoms with Gasteiger partial charge in [0.2, 0.25) is 0 Å². The van der Waals surface area contributed by atoms with Crippen molar-refractivity contribution in [3.05, 3.63) is 35.9 Å². The van der Waals surface area contributed by atoms with Gasteiger partial charge in [0, 0.05) is 0 Å². The molecule has 0 bridgehead atoms. The average molecular weight is 216 g/mol. The molecule has 1 saturated carbocycles. The van der Waals surface area contributed by atoms with Crippen molar-refractivity contribution < 1.29 is 4.74 Å². The number of aryl methyl sites for hydroxylation is 1. The first-order chi connectivity index (χ1) is 7.66. The van der Waals surface area contributed by atoms with E-state index in [1.165, 1.54) is 36.8 Å². The molecule has 0 saturated heterocycles. The van der Waals surface area contributed by atoms with Gasteiger partial charge in [-0.15, -0.1) is 0 Å². The van der Waals surface area contributed by atoms with Crippen LogP contribution in [0.5, 0.6) is 5.75 Å². The smallest absolute Gasteiger partial charge is 0.122 e. The first kappa shape index (κ1) is 11.3. The summed E-state index contributed by atoms with van der Waals surface area (Å²) < 4.78 is 6.01. The van der Waals surface area contributed by atoms with Crippen molar-refractivity contribution in [2.45, 2.75) is 45.6 Å². The van der Waals surface area contributed by atoms with Gasteiger partial charge >= 0.3 is 0 Å². The molecule has 16 heavy (non-hydrogen) atoms. The van der Waals surface area contributed by atoms with E-state index >= 15 is 0 Å². The van der Waals surface area contributed by atoms with Gasteiger partial charge in [0.05, 0.1) is 6.10 Å². The van der Waals surface area contributed by atoms with Crippen LogP contribution in [-0.4, -0.2) is 6.10 Å². The summed E-state index contributed by atoms with van der Waals surface area (Å²) in [5, 5.41) is 0. The summed E-state index contributed by atoms with van der Waals surface area (Å²) in [4.78, 5) is 0. The summed E-state index contributed by atoms with van der Waals surface area (Å²) in [7, 11) is 0. The summed E-state index contributed by atoms with van der Waals surface area (Å²) in [6.07, 6.45) is 5.49. The van der Waals surface area contributed by atoms with Crippen molar-refractivity contribution in [1.29, 1.82) is 0 Å². The first-order valence-corrected chi connectivity index (χ1v) is 6.10. The van der Waals surface area contributed by atoms with E-state index in [4.69, 9.17) is 4.74 Å². The summed E-state index contributed by atoms with van der Waals surface area (Å²) in [6.45, 7) is 8.10. The molecule has 0 spiro atoms. The van der Waals surface area contributed by atoms with E-state index in [0.29, 0.717) is 6.10 Å². The highest BCUT2D eigenvalue weighted by atomic mass is 16.5. The van der Waals surface area contributed by atoms with Crippen LogP contribution in [0.2, 0.25) is 0 Å². The van der Waals surface area contributed by atoms with Crippen LogP contribution in [0.15, 0.2) is 24.8 Å². The van der Waals surface area contributed by atoms with Crippen molar-refractivity contribution in [2.75, 3.05) is 0 Å². The normalized spacial score (nSPS) is 16.4. The fraction of sp³-hybridized carbons (Fsp3) is 0.467. The number of rotatable bonds is 3. The van der Waals surface area contributed by atoms with E-state index < -0.39 is 0 Å². The molecular formula is C15H20O. The molecule has 1 aromatic rings. The van der Waals surface area contributed by atoms with Crippen LogP contribution in [0.4, 0.5) is 0 Å². The van der Waals surface area contributed by atoms with Crippen LogP contribution in [0.1, 0.15) is 43.7 Å². The number of ether oxygens (including phenoxy) is 1. The lowest BCUT2D eigenvalue weighted by molar-refractivity contribution is 0.208. The largest absolute Gasteiger partial charge is 0.490 e. The number of benzene rings is 1. The Morgan fingerprint density at radius 2 is 2.00 bits per heavy atom. The highest BCUT2D eigenvalue weighted by Gasteiger charge is 2.17. The van der Waals surface area contributed by atoms with Gasteiger partial charge in [-0.3, -0.25) is 0 Å². The molecule has 86 valence electrons. The van der Waals surface area contributed by atoms with E-state index in [1.54, 1.807) is 0 Å². The Balaban J connectivity index is 2.12. The van der Waals surface area contributed by atoms with Crippen molar-refractivity contribution in [3.8, 4) is 5.75 Å². The predicted molar refractivity (Wildman–Crippen MR) is 68.8 cm³/mol. The molecule has 1 aromatic carbocycles. The molecule has 0 unspecified atom stereocenters. The molecule has 1 nitrogen and oxygen atoms in total. The van der Waals surface area contributed by atoms with E-state index in [9.17, 15) is 0 Å². The van der Waals surface area contributed by atoms with Gasteiger partial charge in [0.1, 0.15) is 5.75 Å². The van der Waals surface area contributed by atoms with Crippen molar-refractivity contribution in [2.24, 2.45) is 0 Å². The maximum Gasteiger partial charge on any atom is 0.122 e. The third kappa shape index (κ3) is 2.46. The Labute approximate surface area is 98.1 Å². The maximum atomic E-state index is 6.01. The lowest BCUT2D eigenvalue weighted by Gasteiger charge is -2.15. The standard InChI is InChI=1S/C15H20O/c1-11(2)13-8-9-15(12(3)10-13)16-14-6-4-5-7-14/h8-10,14H,1,4-7H2,2-3H3. The molecule has 1 fully saturated rings. The van der Waals surface area contributed by atoms with Crippen LogP contribution >= 0.6 is 0 Å². The van der Waals surface area contributed by atoms with Crippen LogP contribution in [0, 0.1) is 6.92 Å². The lowest BCUT2D eigenvalue weighted by Crippen LogP contribution is -2.11. The molecule has 1 aliphatic rings. The molecule has 0 heterocycles. The Morgan fingerprint density at radius 1 is 1.31 bits per heavy atom. The zero-order valence-electron chi connectivity index (χ0n) is 10.3. The summed E-state index contributed by atoms with van der Waals surface area (Å²) in [6, 6.07) is 6.34. The van der Waals surface area contributed by atoms with E-state index in [1.807, 2.05) is 6.92 Å². The maximum absolute atomic E-state index is 6.01. The molecule has 0 atom stereocenters. The highest BCUT2D eigenvalue weighted by Crippen LogP contribution is 2.28. The Bertz CT molecular complexity index is 386. The second kappa shape index (κ2) is 4.73. The summed E-state index contributed by atoms with van der Waals surface area (Å²) >= 11 is 0. The monoisotopic (exact) mass is 216 g/mol. The molecule has 0 aliphatic heterocycles. The minimum atomic E-state index is 0.439. The second-order valence-corrected chi connectivity index (χ2v) is 4.78. The predicted octanol–water partition coefficient (Wildman–Crippen LogP) is 4.35. The van der Waals surface area contributed by atoms with E-state index in [-0.39, 0.29) is 0 Å². The zero-order valence-corrected chi connectivity index (χ0v) is 10.3. The summed E-state index contributed by atoms with van der Waals surface area (Å²) in [5.41, 5.74) is 3.53. The molecule has 0 radical (unpaired) electrons. The minimum absolute atomic E-state index is 0.439. The van der Waals surface area contributed by atoms with E-state index in [2.05, 4.69) is 31.7 Å². The number of hydrogen-bond donors (Lipinski definition) is 0. The molecule has 2 rings (SSSR count). The minimum Gasteiger partial charge on any atom is -0.490 e. The Morgan fingerprint density at radius 3 is 2.56 bits per heavy atom. The van der Waals surface area contributed by atoms with Gasteiger partial charge in [-0.25, -0.2) is 0 Å². The summed E-state index contributed by atoms with van der Waals surface area (Å²) in [5.74, 6) is 1.04. The van der Waals surface area contributed by atoms with Gasteiger partial charge < -0.3 is 4.74 Å². The number of hydrogen-bond acceptors (Lipinski definition) is 1. The first-order valence-electron chi connectivity index (χ1n) is 6.10. The van der Waals surface area contributed by atoms with Gasteiger partial charge in [-0.1, -0.05) is 18.2 Å². The van der Waals surface area contributed by atoms with Gasteiger partial charge in [0.25, 0.3) is 0 Å². The van der Waals surface area contributed by atoms with Gasteiger partial charge in [-0.2, -0.15) is 0 Å². The highest BCUT2D eigenvalue weighted by molar-refractivity contribution is 5.63. The Hall–Kier alpha value is -1.24. The topological polar surface area (TPSA) is 9.23 Å². The third-order valence-electron chi connectivity index (χ3n) is 3.26. The van der Waals surface area contributed by atoms with Crippen molar-refractivity contribution >= 4 is 5.57 Å². The number of allylic oxidation sites excluding steroid dienone is 1. The van der Waals surface area contributed by atoms with Crippen molar-refractivity contribution in [1.82, 2.24) is 0 Å².